The lowest BCUT2D eigenvalue weighted by molar-refractivity contribution is 0.626. The minimum absolute atomic E-state index is 0.264. The van der Waals surface area contributed by atoms with Crippen molar-refractivity contribution in [1.29, 1.82) is 0 Å². The van der Waals surface area contributed by atoms with E-state index in [1.54, 1.807) is 16.6 Å². The van der Waals surface area contributed by atoms with E-state index in [-0.39, 0.29) is 5.82 Å². The van der Waals surface area contributed by atoms with Crippen LogP contribution >= 0.6 is 23.4 Å². The molecule has 3 rings (SSSR count). The van der Waals surface area contributed by atoms with Gasteiger partial charge in [-0.25, -0.2) is 4.39 Å². The van der Waals surface area contributed by atoms with Crippen molar-refractivity contribution in [2.75, 3.05) is 0 Å². The van der Waals surface area contributed by atoms with E-state index in [9.17, 15) is 4.39 Å². The Kier molecular flexibility index (Phi) is 3.12. The molecule has 0 fully saturated rings. The zero-order valence-corrected chi connectivity index (χ0v) is 11.4. The molecule has 3 aromatic rings. The van der Waals surface area contributed by atoms with Crippen LogP contribution in [0, 0.1) is 12.7 Å². The number of aromatic nitrogens is 4. The van der Waals surface area contributed by atoms with Gasteiger partial charge in [-0.15, -0.1) is 0 Å². The molecule has 2 aromatic heterocycles. The second kappa shape index (κ2) is 4.79. The largest absolute Gasteiger partial charge is 0.254 e. The van der Waals surface area contributed by atoms with Gasteiger partial charge in [-0.1, -0.05) is 23.4 Å². The maximum atomic E-state index is 12.9. The Morgan fingerprint density at radius 3 is 2.74 bits per heavy atom. The molecular formula is C12H8ClFN4S. The highest BCUT2D eigenvalue weighted by Gasteiger charge is 2.13. The molecule has 0 spiro atoms. The number of nitrogens with zero attached hydrogens (tertiary/aromatic N) is 4. The second-order valence-electron chi connectivity index (χ2n) is 3.86. The summed E-state index contributed by atoms with van der Waals surface area (Å²) in [5.41, 5.74) is 0.814. The Labute approximate surface area is 117 Å². The van der Waals surface area contributed by atoms with E-state index in [1.807, 2.05) is 6.92 Å². The third kappa shape index (κ3) is 2.29. The van der Waals surface area contributed by atoms with Gasteiger partial charge in [0.15, 0.2) is 0 Å². The van der Waals surface area contributed by atoms with E-state index in [1.165, 1.54) is 30.2 Å². The number of fused-ring (bicyclic) bond motifs is 1. The molecule has 0 saturated carbocycles. The summed E-state index contributed by atoms with van der Waals surface area (Å²) in [6.45, 7) is 1.86. The molecule has 0 N–H and O–H groups in total. The third-order valence-electron chi connectivity index (χ3n) is 2.58. The van der Waals surface area contributed by atoms with Gasteiger partial charge < -0.3 is 0 Å². The summed E-state index contributed by atoms with van der Waals surface area (Å²) in [4.78, 5) is 9.05. The zero-order valence-electron chi connectivity index (χ0n) is 9.84. The van der Waals surface area contributed by atoms with Gasteiger partial charge in [0.2, 0.25) is 0 Å². The maximum Gasteiger partial charge on any atom is 0.254 e. The van der Waals surface area contributed by atoms with Crippen LogP contribution in [-0.4, -0.2) is 19.6 Å². The molecule has 0 saturated heterocycles. The highest BCUT2D eigenvalue weighted by molar-refractivity contribution is 7.99. The Morgan fingerprint density at radius 1 is 1.26 bits per heavy atom. The average Bonchev–Trinajstić information content (AvgIpc) is 2.85. The lowest BCUT2D eigenvalue weighted by Crippen LogP contribution is -1.99. The minimum Gasteiger partial charge on any atom is -0.207 e. The van der Waals surface area contributed by atoms with Gasteiger partial charge in [0.1, 0.15) is 22.3 Å². The van der Waals surface area contributed by atoms with Crippen molar-refractivity contribution in [3.05, 3.63) is 47.1 Å². The highest BCUT2D eigenvalue weighted by atomic mass is 35.5. The van der Waals surface area contributed by atoms with Gasteiger partial charge in [-0.05, 0) is 31.2 Å². The first-order chi connectivity index (χ1) is 9.15. The van der Waals surface area contributed by atoms with E-state index in [4.69, 9.17) is 11.6 Å². The van der Waals surface area contributed by atoms with Crippen molar-refractivity contribution >= 4 is 29.1 Å². The van der Waals surface area contributed by atoms with E-state index in [0.717, 1.165) is 15.5 Å². The highest BCUT2D eigenvalue weighted by Crippen LogP contribution is 2.32. The Hall–Kier alpha value is -1.66. The van der Waals surface area contributed by atoms with Crippen LogP contribution in [0.25, 0.3) is 5.78 Å². The molecule has 0 aliphatic rings. The lowest BCUT2D eigenvalue weighted by atomic mass is 10.3. The van der Waals surface area contributed by atoms with Crippen LogP contribution in [0.5, 0.6) is 0 Å². The van der Waals surface area contributed by atoms with Gasteiger partial charge in [0.05, 0.1) is 0 Å². The smallest absolute Gasteiger partial charge is 0.207 e. The van der Waals surface area contributed by atoms with Crippen LogP contribution in [0.2, 0.25) is 5.15 Å². The van der Waals surface area contributed by atoms with Gasteiger partial charge in [-0.2, -0.15) is 19.6 Å². The molecule has 0 atom stereocenters. The predicted octanol–water partition coefficient (Wildman–Crippen LogP) is 3.38. The van der Waals surface area contributed by atoms with Crippen molar-refractivity contribution in [2.45, 2.75) is 16.8 Å². The van der Waals surface area contributed by atoms with Crippen LogP contribution < -0.4 is 0 Å². The molecular weight excluding hydrogens is 287 g/mol. The molecule has 4 nitrogen and oxygen atoms in total. The summed E-state index contributed by atoms with van der Waals surface area (Å²) < 4.78 is 14.5. The van der Waals surface area contributed by atoms with E-state index >= 15 is 0 Å². The van der Waals surface area contributed by atoms with Crippen molar-refractivity contribution < 1.29 is 4.39 Å². The van der Waals surface area contributed by atoms with Crippen molar-refractivity contribution in [2.24, 2.45) is 0 Å². The molecule has 0 aliphatic carbocycles. The van der Waals surface area contributed by atoms with E-state index in [0.29, 0.717) is 10.9 Å². The Bertz CT molecular complexity index is 741. The van der Waals surface area contributed by atoms with E-state index < -0.39 is 0 Å². The SMILES string of the molecule is Cc1c(Cl)nc2ncnn2c1Sc1ccc(F)cc1. The summed E-state index contributed by atoms with van der Waals surface area (Å²) in [7, 11) is 0. The molecule has 7 heteroatoms. The quantitative estimate of drug-likeness (QED) is 0.680. The first-order valence-corrected chi connectivity index (χ1v) is 6.64. The summed E-state index contributed by atoms with van der Waals surface area (Å²) in [6.07, 6.45) is 1.42. The first-order valence-electron chi connectivity index (χ1n) is 5.44. The normalized spacial score (nSPS) is 11.1. The predicted molar refractivity (Wildman–Crippen MR) is 71.1 cm³/mol. The summed E-state index contributed by atoms with van der Waals surface area (Å²) >= 11 is 7.52. The molecule has 2 heterocycles. The summed E-state index contributed by atoms with van der Waals surface area (Å²) in [5, 5.41) is 5.34. The molecule has 0 bridgehead atoms. The van der Waals surface area contributed by atoms with Crippen LogP contribution in [0.3, 0.4) is 0 Å². The van der Waals surface area contributed by atoms with Gasteiger partial charge in [0, 0.05) is 10.5 Å². The molecule has 0 radical (unpaired) electrons. The molecule has 96 valence electrons. The summed E-state index contributed by atoms with van der Waals surface area (Å²) in [6, 6.07) is 6.24. The minimum atomic E-state index is -0.264. The number of rotatable bonds is 2. The van der Waals surface area contributed by atoms with Crippen molar-refractivity contribution in [3.8, 4) is 0 Å². The number of benzene rings is 1. The lowest BCUT2D eigenvalue weighted by Gasteiger charge is -2.08. The van der Waals surface area contributed by atoms with Crippen molar-refractivity contribution in [1.82, 2.24) is 19.6 Å². The molecule has 0 aliphatic heterocycles. The molecule has 19 heavy (non-hydrogen) atoms. The Morgan fingerprint density at radius 2 is 2.00 bits per heavy atom. The average molecular weight is 295 g/mol. The number of hydrogen-bond donors (Lipinski definition) is 0. The first kappa shape index (κ1) is 12.4. The fourth-order valence-electron chi connectivity index (χ4n) is 1.61. The standard InChI is InChI=1S/C12H8ClFN4S/c1-7-10(13)17-12-15-6-16-18(12)11(7)19-9-4-2-8(14)3-5-9/h2-6H,1H3. The topological polar surface area (TPSA) is 43.1 Å². The second-order valence-corrected chi connectivity index (χ2v) is 5.28. The molecule has 1 aromatic carbocycles. The van der Waals surface area contributed by atoms with Gasteiger partial charge in [-0.3, -0.25) is 0 Å². The third-order valence-corrected chi connectivity index (χ3v) is 4.13. The molecule has 0 amide bonds. The summed E-state index contributed by atoms with van der Waals surface area (Å²) in [5.74, 6) is 0.181. The monoisotopic (exact) mass is 294 g/mol. The van der Waals surface area contributed by atoms with Gasteiger partial charge >= 0.3 is 0 Å². The maximum absolute atomic E-state index is 12.9. The van der Waals surface area contributed by atoms with Crippen LogP contribution in [0.1, 0.15) is 5.56 Å². The van der Waals surface area contributed by atoms with Crippen LogP contribution in [0.15, 0.2) is 40.5 Å². The number of hydrogen-bond acceptors (Lipinski definition) is 4. The van der Waals surface area contributed by atoms with Crippen LogP contribution in [-0.2, 0) is 0 Å². The van der Waals surface area contributed by atoms with E-state index in [2.05, 4.69) is 15.1 Å². The van der Waals surface area contributed by atoms with Crippen molar-refractivity contribution in [3.63, 3.8) is 0 Å². The molecule has 0 unspecified atom stereocenters. The zero-order chi connectivity index (χ0) is 13.4. The number of halogens is 2. The Balaban J connectivity index is 2.11. The fraction of sp³-hybridized carbons (Fsp3) is 0.0833. The fourth-order valence-corrected chi connectivity index (χ4v) is 2.79. The van der Waals surface area contributed by atoms with Crippen LogP contribution in [0.4, 0.5) is 4.39 Å². The van der Waals surface area contributed by atoms with Gasteiger partial charge in [0.25, 0.3) is 5.78 Å².